The molecule has 3 aromatic carbocycles. The summed E-state index contributed by atoms with van der Waals surface area (Å²) in [6.07, 6.45) is 0.923. The molecule has 2 amide bonds. The smallest absolute Gasteiger partial charge is 0.243 e. The third kappa shape index (κ3) is 4.72. The fourth-order valence-corrected chi connectivity index (χ4v) is 5.52. The lowest BCUT2D eigenvalue weighted by Crippen LogP contribution is -2.50. The molecule has 1 saturated heterocycles. The molecule has 0 bridgehead atoms. The van der Waals surface area contributed by atoms with Gasteiger partial charge in [0.15, 0.2) is 0 Å². The summed E-state index contributed by atoms with van der Waals surface area (Å²) in [6.45, 7) is 2.77. The Balaban J connectivity index is 1.35. The van der Waals surface area contributed by atoms with Gasteiger partial charge in [0, 0.05) is 22.7 Å². The fraction of sp³-hybridized carbons (Fsp3) is 0.172. The first-order valence-corrected chi connectivity index (χ1v) is 12.3. The van der Waals surface area contributed by atoms with Crippen LogP contribution in [0.4, 0.5) is 0 Å². The van der Waals surface area contributed by atoms with Crippen molar-refractivity contribution in [2.75, 3.05) is 0 Å². The van der Waals surface area contributed by atoms with Crippen molar-refractivity contribution >= 4 is 23.2 Å². The summed E-state index contributed by atoms with van der Waals surface area (Å²) in [5, 5.41) is 5.69. The van der Waals surface area contributed by atoms with E-state index in [-0.39, 0.29) is 17.9 Å². The van der Waals surface area contributed by atoms with E-state index in [0.29, 0.717) is 19.4 Å². The second-order valence-electron chi connectivity index (χ2n) is 8.59. The van der Waals surface area contributed by atoms with Crippen molar-refractivity contribution in [3.8, 4) is 32.0 Å². The zero-order chi connectivity index (χ0) is 23.5. The summed E-state index contributed by atoms with van der Waals surface area (Å²) >= 11 is 1.79. The highest BCUT2D eigenvalue weighted by Gasteiger charge is 2.25. The average Bonchev–Trinajstić information content (AvgIpc) is 3.35. The number of hydrogen-bond donors (Lipinski definition) is 2. The number of rotatable bonds is 6. The molecule has 0 aliphatic carbocycles. The van der Waals surface area contributed by atoms with Gasteiger partial charge in [-0.05, 0) is 64.9 Å². The maximum atomic E-state index is 12.0. The summed E-state index contributed by atoms with van der Waals surface area (Å²) in [5.74, 6) is -0.425. The number of carbonyl (C=O) groups is 2. The van der Waals surface area contributed by atoms with Crippen LogP contribution in [0, 0.1) is 6.92 Å². The average molecular weight is 467 g/mol. The summed E-state index contributed by atoms with van der Waals surface area (Å²) in [6, 6.07) is 29.5. The molecule has 0 saturated carbocycles. The van der Waals surface area contributed by atoms with E-state index in [1.54, 1.807) is 11.3 Å². The van der Waals surface area contributed by atoms with E-state index >= 15 is 0 Å². The molecule has 4 nitrogen and oxygen atoms in total. The Kier molecular flexibility index (Phi) is 6.39. The van der Waals surface area contributed by atoms with Gasteiger partial charge in [-0.15, -0.1) is 11.3 Å². The van der Waals surface area contributed by atoms with Gasteiger partial charge in [0.1, 0.15) is 0 Å². The molecular weight excluding hydrogens is 440 g/mol. The third-order valence-corrected chi connectivity index (χ3v) is 7.46. The van der Waals surface area contributed by atoms with Crippen LogP contribution in [-0.2, 0) is 16.1 Å². The van der Waals surface area contributed by atoms with Gasteiger partial charge in [-0.25, -0.2) is 0 Å². The Labute approximate surface area is 203 Å². The lowest BCUT2D eigenvalue weighted by molar-refractivity contribution is -0.134. The first-order valence-electron chi connectivity index (χ1n) is 11.5. The van der Waals surface area contributed by atoms with Gasteiger partial charge in [0.25, 0.3) is 0 Å². The molecule has 1 unspecified atom stereocenters. The summed E-state index contributed by atoms with van der Waals surface area (Å²) < 4.78 is 0. The first kappa shape index (κ1) is 22.3. The monoisotopic (exact) mass is 466 g/mol. The second kappa shape index (κ2) is 9.75. The molecular formula is C29H26N2O2S. The largest absolute Gasteiger partial charge is 0.302 e. The van der Waals surface area contributed by atoms with Crippen molar-refractivity contribution in [1.29, 1.82) is 0 Å². The summed E-state index contributed by atoms with van der Waals surface area (Å²) in [4.78, 5) is 25.8. The Morgan fingerprint density at radius 2 is 1.59 bits per heavy atom. The van der Waals surface area contributed by atoms with Crippen molar-refractivity contribution in [3.05, 3.63) is 96.1 Å². The van der Waals surface area contributed by atoms with E-state index in [9.17, 15) is 9.59 Å². The molecule has 1 atom stereocenters. The van der Waals surface area contributed by atoms with E-state index in [1.807, 2.05) is 6.07 Å². The van der Waals surface area contributed by atoms with Crippen LogP contribution in [0.5, 0.6) is 0 Å². The molecule has 0 radical (unpaired) electrons. The van der Waals surface area contributed by atoms with Crippen LogP contribution < -0.4 is 10.6 Å². The lowest BCUT2D eigenvalue weighted by atomic mass is 9.96. The zero-order valence-electron chi connectivity index (χ0n) is 19.0. The predicted molar refractivity (Wildman–Crippen MR) is 138 cm³/mol. The van der Waals surface area contributed by atoms with Crippen LogP contribution in [0.3, 0.4) is 0 Å². The highest BCUT2D eigenvalue weighted by Crippen LogP contribution is 2.38. The number of carbonyl (C=O) groups excluding carboxylic acids is 2. The van der Waals surface area contributed by atoms with Crippen molar-refractivity contribution in [1.82, 2.24) is 10.6 Å². The number of piperidine rings is 1. The molecule has 1 aromatic heterocycles. The minimum absolute atomic E-state index is 0.192. The van der Waals surface area contributed by atoms with Gasteiger partial charge >= 0.3 is 0 Å². The van der Waals surface area contributed by atoms with Crippen LogP contribution >= 0.6 is 11.3 Å². The van der Waals surface area contributed by atoms with Gasteiger partial charge < -0.3 is 5.32 Å². The molecule has 170 valence electrons. The van der Waals surface area contributed by atoms with Gasteiger partial charge in [0.05, 0.1) is 6.04 Å². The Morgan fingerprint density at radius 3 is 2.41 bits per heavy atom. The molecule has 2 heterocycles. The Hall–Kier alpha value is -3.54. The molecule has 5 heteroatoms. The molecule has 5 rings (SSSR count). The maximum absolute atomic E-state index is 12.0. The van der Waals surface area contributed by atoms with Gasteiger partial charge in [-0.2, -0.15) is 0 Å². The number of hydrogen-bond acceptors (Lipinski definition) is 4. The molecule has 0 spiro atoms. The maximum Gasteiger partial charge on any atom is 0.243 e. The quantitative estimate of drug-likeness (QED) is 0.345. The number of amides is 2. The standard InChI is InChI=1S/C29H26N2O2S/c1-19-23(21-8-3-2-4-9-21)11-6-12-24(19)27-15-14-26(34-27)22-10-5-7-20(17-22)18-30-25-13-16-28(32)31-29(25)33/h2-12,14-15,17,25,30H,13,16,18H2,1H3,(H,31,32,33). The minimum Gasteiger partial charge on any atom is -0.302 e. The zero-order valence-corrected chi connectivity index (χ0v) is 19.8. The van der Waals surface area contributed by atoms with E-state index in [0.717, 1.165) is 11.1 Å². The second-order valence-corrected chi connectivity index (χ2v) is 9.68. The van der Waals surface area contributed by atoms with E-state index < -0.39 is 0 Å². The summed E-state index contributed by atoms with van der Waals surface area (Å²) in [5.41, 5.74) is 7.30. The summed E-state index contributed by atoms with van der Waals surface area (Å²) in [7, 11) is 0. The number of imide groups is 1. The molecule has 1 aliphatic rings. The van der Waals surface area contributed by atoms with Crippen LogP contribution in [0.2, 0.25) is 0 Å². The SMILES string of the molecule is Cc1c(-c2ccccc2)cccc1-c1ccc(-c2cccc(CNC3CCC(=O)NC3=O)c2)s1. The van der Waals surface area contributed by atoms with Crippen LogP contribution in [0.25, 0.3) is 32.0 Å². The molecule has 2 N–H and O–H groups in total. The highest BCUT2D eigenvalue weighted by molar-refractivity contribution is 7.18. The highest BCUT2D eigenvalue weighted by atomic mass is 32.1. The topological polar surface area (TPSA) is 58.2 Å². The third-order valence-electron chi connectivity index (χ3n) is 6.29. The molecule has 1 aliphatic heterocycles. The molecule has 34 heavy (non-hydrogen) atoms. The number of nitrogens with one attached hydrogen (secondary N) is 2. The minimum atomic E-state index is -0.324. The lowest BCUT2D eigenvalue weighted by Gasteiger charge is -2.22. The van der Waals surface area contributed by atoms with Crippen LogP contribution in [0.1, 0.15) is 24.0 Å². The number of thiophene rings is 1. The van der Waals surface area contributed by atoms with Crippen LogP contribution in [0.15, 0.2) is 84.9 Å². The predicted octanol–water partition coefficient (Wildman–Crippen LogP) is 5.95. The van der Waals surface area contributed by atoms with E-state index in [4.69, 9.17) is 0 Å². The first-order chi connectivity index (χ1) is 16.6. The van der Waals surface area contributed by atoms with Crippen molar-refractivity contribution < 1.29 is 9.59 Å². The van der Waals surface area contributed by atoms with Crippen LogP contribution in [-0.4, -0.2) is 17.9 Å². The van der Waals surface area contributed by atoms with E-state index in [2.05, 4.69) is 96.4 Å². The van der Waals surface area contributed by atoms with E-state index in [1.165, 1.54) is 32.0 Å². The van der Waals surface area contributed by atoms with Crippen molar-refractivity contribution in [2.45, 2.75) is 32.4 Å². The fourth-order valence-electron chi connectivity index (χ4n) is 4.43. The number of benzene rings is 3. The Bertz CT molecular complexity index is 1340. The Morgan fingerprint density at radius 1 is 0.853 bits per heavy atom. The van der Waals surface area contributed by atoms with Crippen molar-refractivity contribution in [3.63, 3.8) is 0 Å². The van der Waals surface area contributed by atoms with Gasteiger partial charge in [-0.1, -0.05) is 66.7 Å². The van der Waals surface area contributed by atoms with Crippen molar-refractivity contribution in [2.24, 2.45) is 0 Å². The van der Waals surface area contributed by atoms with Gasteiger partial charge in [-0.3, -0.25) is 14.9 Å². The normalized spacial score (nSPS) is 15.9. The van der Waals surface area contributed by atoms with Gasteiger partial charge in [0.2, 0.25) is 11.8 Å². The molecule has 1 fully saturated rings. The molecule has 4 aromatic rings.